The van der Waals surface area contributed by atoms with Gasteiger partial charge in [-0.15, -0.1) is 0 Å². The maximum atomic E-state index is 5.22. The Morgan fingerprint density at radius 1 is 0.386 bits per heavy atom. The second-order valence-corrected chi connectivity index (χ2v) is 13.5. The van der Waals surface area contributed by atoms with Crippen molar-refractivity contribution in [3.63, 3.8) is 0 Å². The van der Waals surface area contributed by atoms with Crippen LogP contribution in [0, 0.1) is 0 Å². The zero-order valence-corrected chi connectivity index (χ0v) is 25.4. The van der Waals surface area contributed by atoms with Crippen LogP contribution in [0.4, 0.5) is 0 Å². The molecule has 2 nitrogen and oxygen atoms in total. The number of aromatic nitrogens is 2. The summed E-state index contributed by atoms with van der Waals surface area (Å²) in [5.41, 5.74) is 14.3. The summed E-state index contributed by atoms with van der Waals surface area (Å²) in [6, 6.07) is 44.4. The molecule has 0 amide bonds. The molecule has 0 fully saturated rings. The Bertz CT molecular complexity index is 2170. The van der Waals surface area contributed by atoms with E-state index in [9.17, 15) is 0 Å². The average molecular weight is 565 g/mol. The lowest BCUT2D eigenvalue weighted by molar-refractivity contribution is 0.659. The molecule has 7 aromatic rings. The smallest absolute Gasteiger partial charge is 0.0753 e. The van der Waals surface area contributed by atoms with Gasteiger partial charge >= 0.3 is 0 Å². The molecule has 44 heavy (non-hydrogen) atoms. The molecule has 0 spiro atoms. The summed E-state index contributed by atoms with van der Waals surface area (Å²) < 4.78 is 0. The normalized spacial score (nSPS) is 15.2. The highest BCUT2D eigenvalue weighted by atomic mass is 14.7. The molecule has 0 aliphatic heterocycles. The van der Waals surface area contributed by atoms with Crippen LogP contribution >= 0.6 is 0 Å². The van der Waals surface area contributed by atoms with E-state index in [0.29, 0.717) is 0 Å². The zero-order valence-electron chi connectivity index (χ0n) is 25.4. The minimum absolute atomic E-state index is 0.0327. The van der Waals surface area contributed by atoms with E-state index in [4.69, 9.17) is 9.97 Å². The van der Waals surface area contributed by atoms with Crippen molar-refractivity contribution in [2.24, 2.45) is 0 Å². The van der Waals surface area contributed by atoms with Gasteiger partial charge in [0.05, 0.1) is 22.8 Å². The third-order valence-corrected chi connectivity index (χ3v) is 10.2. The van der Waals surface area contributed by atoms with Gasteiger partial charge in [-0.2, -0.15) is 0 Å². The standard InChI is InChI=1S/C42H32N2/c1-41(2)33-11-7-5-9-31(33)39-35(41)17-19-37(43-39)27-15-13-25-22-30-24-28(16-14-26(30)21-29(25)23-27)38-20-18-36-40(44-38)32-10-6-8-12-34(32)42(36,3)4/h5-24H,1-4H3. The van der Waals surface area contributed by atoms with Crippen molar-refractivity contribution >= 4 is 21.5 Å². The molecule has 5 aromatic carbocycles. The van der Waals surface area contributed by atoms with Crippen molar-refractivity contribution in [1.82, 2.24) is 9.97 Å². The first kappa shape index (κ1) is 25.4. The van der Waals surface area contributed by atoms with E-state index in [-0.39, 0.29) is 10.8 Å². The van der Waals surface area contributed by atoms with Gasteiger partial charge in [0.15, 0.2) is 0 Å². The molecule has 0 unspecified atom stereocenters. The van der Waals surface area contributed by atoms with Crippen LogP contribution in [-0.2, 0) is 10.8 Å². The van der Waals surface area contributed by atoms with Crippen molar-refractivity contribution in [3.05, 3.63) is 144 Å². The lowest BCUT2D eigenvalue weighted by atomic mass is 9.83. The lowest BCUT2D eigenvalue weighted by Gasteiger charge is -2.21. The summed E-state index contributed by atoms with van der Waals surface area (Å²) >= 11 is 0. The van der Waals surface area contributed by atoms with Crippen molar-refractivity contribution < 1.29 is 0 Å². The maximum Gasteiger partial charge on any atom is 0.0753 e. The van der Waals surface area contributed by atoms with Gasteiger partial charge in [0, 0.05) is 33.1 Å². The van der Waals surface area contributed by atoms with Gasteiger partial charge in [-0.25, -0.2) is 9.97 Å². The Morgan fingerprint density at radius 2 is 0.818 bits per heavy atom. The molecule has 9 rings (SSSR count). The van der Waals surface area contributed by atoms with Crippen molar-refractivity contribution in [3.8, 4) is 45.0 Å². The molecule has 0 saturated carbocycles. The molecular formula is C42H32N2. The molecule has 2 aromatic heterocycles. The summed E-state index contributed by atoms with van der Waals surface area (Å²) in [6.07, 6.45) is 0. The van der Waals surface area contributed by atoms with Gasteiger partial charge in [-0.1, -0.05) is 113 Å². The Morgan fingerprint density at radius 3 is 1.27 bits per heavy atom. The van der Waals surface area contributed by atoms with Crippen molar-refractivity contribution in [2.75, 3.05) is 0 Å². The van der Waals surface area contributed by atoms with E-state index >= 15 is 0 Å². The highest BCUT2D eigenvalue weighted by Crippen LogP contribution is 2.49. The summed E-state index contributed by atoms with van der Waals surface area (Å²) in [5, 5.41) is 4.90. The molecule has 2 heteroatoms. The minimum atomic E-state index is -0.0327. The highest BCUT2D eigenvalue weighted by molar-refractivity contribution is 6.01. The quantitative estimate of drug-likeness (QED) is 0.195. The highest BCUT2D eigenvalue weighted by Gasteiger charge is 2.37. The molecule has 2 heterocycles. The molecule has 0 bridgehead atoms. The van der Waals surface area contributed by atoms with Gasteiger partial charge in [-0.3, -0.25) is 0 Å². The van der Waals surface area contributed by atoms with Crippen LogP contribution in [0.1, 0.15) is 49.9 Å². The number of rotatable bonds is 2. The van der Waals surface area contributed by atoms with E-state index in [1.54, 1.807) is 0 Å². The fourth-order valence-electron chi connectivity index (χ4n) is 7.73. The Balaban J connectivity index is 1.10. The van der Waals surface area contributed by atoms with E-state index in [1.165, 1.54) is 54.9 Å². The number of hydrogen-bond donors (Lipinski definition) is 0. The number of fused-ring (bicyclic) bond motifs is 8. The molecule has 2 aliphatic carbocycles. The summed E-state index contributed by atoms with van der Waals surface area (Å²) in [5.74, 6) is 0. The Kier molecular flexibility index (Phi) is 5.05. The van der Waals surface area contributed by atoms with Gasteiger partial charge < -0.3 is 0 Å². The predicted octanol–water partition coefficient (Wildman–Crippen LogP) is 10.7. The van der Waals surface area contributed by atoms with Crippen LogP contribution in [0.5, 0.6) is 0 Å². The average Bonchev–Trinajstić information content (AvgIpc) is 3.42. The zero-order chi connectivity index (χ0) is 29.8. The van der Waals surface area contributed by atoms with E-state index in [2.05, 4.69) is 149 Å². The summed E-state index contributed by atoms with van der Waals surface area (Å²) in [7, 11) is 0. The Labute approximate surface area is 258 Å². The van der Waals surface area contributed by atoms with Crippen LogP contribution in [0.2, 0.25) is 0 Å². The molecule has 0 saturated heterocycles. The molecule has 0 N–H and O–H groups in total. The first-order valence-electron chi connectivity index (χ1n) is 15.5. The van der Waals surface area contributed by atoms with Gasteiger partial charge in [0.1, 0.15) is 0 Å². The first-order valence-corrected chi connectivity index (χ1v) is 15.5. The van der Waals surface area contributed by atoms with Crippen LogP contribution < -0.4 is 0 Å². The van der Waals surface area contributed by atoms with Crippen LogP contribution in [0.15, 0.2) is 121 Å². The van der Waals surface area contributed by atoms with Gasteiger partial charge in [-0.05, 0) is 80.2 Å². The monoisotopic (exact) mass is 564 g/mol. The number of benzene rings is 5. The predicted molar refractivity (Wildman–Crippen MR) is 183 cm³/mol. The summed E-state index contributed by atoms with van der Waals surface area (Å²) in [4.78, 5) is 10.4. The number of pyridine rings is 2. The third-order valence-electron chi connectivity index (χ3n) is 10.2. The third kappa shape index (κ3) is 3.48. The number of hydrogen-bond acceptors (Lipinski definition) is 2. The largest absolute Gasteiger partial charge is 0.247 e. The van der Waals surface area contributed by atoms with Crippen LogP contribution in [0.3, 0.4) is 0 Å². The van der Waals surface area contributed by atoms with Gasteiger partial charge in [0.25, 0.3) is 0 Å². The summed E-state index contributed by atoms with van der Waals surface area (Å²) in [6.45, 7) is 9.19. The van der Waals surface area contributed by atoms with Gasteiger partial charge in [0.2, 0.25) is 0 Å². The van der Waals surface area contributed by atoms with E-state index < -0.39 is 0 Å². The van der Waals surface area contributed by atoms with Crippen molar-refractivity contribution in [2.45, 2.75) is 38.5 Å². The molecule has 2 aliphatic rings. The lowest BCUT2D eigenvalue weighted by Crippen LogP contribution is -2.14. The second-order valence-electron chi connectivity index (χ2n) is 13.5. The van der Waals surface area contributed by atoms with E-state index in [0.717, 1.165) is 33.9 Å². The molecular weight excluding hydrogens is 532 g/mol. The topological polar surface area (TPSA) is 25.8 Å². The minimum Gasteiger partial charge on any atom is -0.247 e. The Hall–Kier alpha value is -5.08. The first-order chi connectivity index (χ1) is 21.3. The second kappa shape index (κ2) is 8.74. The van der Waals surface area contributed by atoms with Crippen molar-refractivity contribution in [1.29, 1.82) is 0 Å². The maximum absolute atomic E-state index is 5.22. The van der Waals surface area contributed by atoms with Crippen LogP contribution in [0.25, 0.3) is 66.6 Å². The molecule has 0 radical (unpaired) electrons. The fourth-order valence-corrected chi connectivity index (χ4v) is 7.73. The fraction of sp³-hybridized carbons (Fsp3) is 0.143. The SMILES string of the molecule is CC1(C)c2ccccc2-c2nc(-c3ccc4cc5cc(-c6ccc7c(n6)-c6ccccc6C7(C)C)ccc5cc4c3)ccc21. The molecule has 0 atom stereocenters. The van der Waals surface area contributed by atoms with Crippen LogP contribution in [-0.4, -0.2) is 9.97 Å². The van der Waals surface area contributed by atoms with E-state index in [1.807, 2.05) is 0 Å². The molecule has 210 valence electrons. The number of nitrogens with zero attached hydrogens (tertiary/aromatic N) is 2.